The molecule has 0 aliphatic carbocycles. The summed E-state index contributed by atoms with van der Waals surface area (Å²) in [6, 6.07) is 59.4. The average Bonchev–Trinajstić information content (AvgIpc) is 1.59. The first-order chi connectivity index (χ1) is 67.7. The Morgan fingerprint density at radius 1 is 0.486 bits per heavy atom. The highest BCUT2D eigenvalue weighted by molar-refractivity contribution is 7.13. The molecule has 8 heterocycles. The summed E-state index contributed by atoms with van der Waals surface area (Å²) in [7, 11) is 0. The Balaban J connectivity index is 0.000000212. The molecule has 0 bridgehead atoms. The number of para-hydroxylation sites is 2. The Hall–Kier alpha value is -14.9. The molecule has 2 saturated heterocycles. The predicted octanol–water partition coefficient (Wildman–Crippen LogP) is 17.4. The number of aromatic nitrogens is 4. The molecule has 140 heavy (non-hydrogen) atoms. The number of hydrogen-bond acceptors (Lipinski definition) is 26. The molecule has 8 aromatic carbocycles. The first-order valence-corrected chi connectivity index (χ1v) is 47.9. The lowest BCUT2D eigenvalue weighted by Gasteiger charge is -2.29. The SMILES string of the molecule is Cc1ncsc1-c1ccc([C@H](C)NC(=O)[C@@H]2C[C@@H](O)CN2C(=O)[C@@H](c2cc(OCCOCCOc3ccc(CN4C(=O)/C(=C\C=C\c5ccc([N+](=O)[O-])cc5)c5ccccc54)cc3)no2)C(C)C)cc1.Cc1ncsc1-c1ccc([C@H](C)NC(=O)[C@@H]2C[C@@H](O)CN2C(=O)[C@H](c2cc(OCCOCCOc3ccc(CN4C(=O)/C(=C\C=C\c5ccc([N+](=O)[O-])cc5)c5ccccc54)cc3)no2)C(C)C)cc1. The number of amides is 6. The molecule has 724 valence electrons. The van der Waals surface area contributed by atoms with E-state index in [2.05, 4.69) is 30.9 Å². The number of ether oxygens (including phenoxy) is 6. The molecular weight excluding hydrogens is 1830 g/mol. The van der Waals surface area contributed by atoms with Crippen LogP contribution in [0.4, 0.5) is 22.7 Å². The zero-order valence-corrected chi connectivity index (χ0v) is 80.1. The van der Waals surface area contributed by atoms with Crippen LogP contribution in [0.15, 0.2) is 251 Å². The highest BCUT2D eigenvalue weighted by Gasteiger charge is 2.46. The summed E-state index contributed by atoms with van der Waals surface area (Å²) < 4.78 is 46.0. The summed E-state index contributed by atoms with van der Waals surface area (Å²) in [6.45, 7) is 18.0. The third-order valence-electron chi connectivity index (χ3n) is 24.5. The topological polar surface area (TPSA) is 399 Å². The van der Waals surface area contributed by atoms with Gasteiger partial charge in [-0.2, -0.15) is 0 Å². The number of likely N-dealkylation sites (tertiary alicyclic amines) is 2. The Labute approximate surface area is 816 Å². The number of benzene rings is 8. The van der Waals surface area contributed by atoms with Gasteiger partial charge in [-0.1, -0.05) is 161 Å². The van der Waals surface area contributed by atoms with Crippen molar-refractivity contribution in [1.82, 2.24) is 40.7 Å². The fraction of sp³-hybridized carbons (Fsp3) is 0.302. The van der Waals surface area contributed by atoms with Crippen molar-refractivity contribution < 1.29 is 86.3 Å². The lowest BCUT2D eigenvalue weighted by Crippen LogP contribution is -2.48. The Kier molecular flexibility index (Phi) is 33.0. The molecule has 34 heteroatoms. The van der Waals surface area contributed by atoms with Crippen molar-refractivity contribution in [2.75, 3.05) is 75.7 Å². The van der Waals surface area contributed by atoms with E-state index < -0.39 is 46.0 Å². The molecule has 0 spiro atoms. The number of hydrogen-bond donors (Lipinski definition) is 4. The second-order valence-electron chi connectivity index (χ2n) is 34.9. The number of anilines is 2. The van der Waals surface area contributed by atoms with Crippen molar-refractivity contribution in [1.29, 1.82) is 0 Å². The van der Waals surface area contributed by atoms with Crippen LogP contribution in [0.3, 0.4) is 0 Å². The van der Waals surface area contributed by atoms with Crippen LogP contribution in [0.25, 0.3) is 44.2 Å². The molecule has 0 unspecified atom stereocenters. The number of nitrogens with zero attached hydrogens (tertiary/aromatic N) is 10. The standard InChI is InChI=1S/2C53H54N6O10S/c2*1-33(2)49(53(63)58-31-41(60)28-46(58)51(61)55-34(3)38-16-18-39(19-17-38)50-35(4)54-32-70-50)47-29-48(56-69-47)68-27-25-66-24-26-67-42-22-14-37(15-23-42)30-57-45-11-6-5-9-43(45)44(52(57)62)10-7-8-36-12-20-40(21-13-36)59(64)65/h2*5-23,29,32-34,41,46,49,60H,24-28,30-31H2,1-4H3,(H,55,61)/b2*8-7+,44-10-/t34-,41+,46-,49+;34-,41+,46-,49-/m00/s1. The number of carbonyl (C=O) groups is 6. The van der Waals surface area contributed by atoms with Crippen LogP contribution in [-0.2, 0) is 51.3 Å². The quantitative estimate of drug-likeness (QED) is 0.0120. The van der Waals surface area contributed by atoms with Gasteiger partial charge in [-0.25, -0.2) is 9.97 Å². The first-order valence-electron chi connectivity index (χ1n) is 46.1. The molecule has 4 aliphatic rings. The zero-order chi connectivity index (χ0) is 98.6. The highest BCUT2D eigenvalue weighted by atomic mass is 32.1. The number of rotatable bonds is 40. The number of β-amino-alcohol motifs (C(OH)–C–C–N with tert-alkyl or cyclic N) is 2. The van der Waals surface area contributed by atoms with Crippen molar-refractivity contribution in [2.45, 2.75) is 130 Å². The van der Waals surface area contributed by atoms with Gasteiger partial charge in [-0.3, -0.25) is 49.0 Å². The number of thiazole rings is 2. The lowest BCUT2D eigenvalue weighted by atomic mass is 9.91. The van der Waals surface area contributed by atoms with Crippen molar-refractivity contribution >= 4 is 104 Å². The highest BCUT2D eigenvalue weighted by Crippen LogP contribution is 2.42. The van der Waals surface area contributed by atoms with Crippen LogP contribution in [0.1, 0.15) is 146 Å². The maximum absolute atomic E-state index is 14.1. The lowest BCUT2D eigenvalue weighted by molar-refractivity contribution is -0.385. The fourth-order valence-corrected chi connectivity index (χ4v) is 18.8. The predicted molar refractivity (Wildman–Crippen MR) is 530 cm³/mol. The van der Waals surface area contributed by atoms with Gasteiger partial charge in [-0.15, -0.1) is 22.7 Å². The molecule has 0 radical (unpaired) electrons. The molecule has 4 aliphatic heterocycles. The molecule has 12 aromatic rings. The smallest absolute Gasteiger partial charge is 0.269 e. The number of allylic oxidation sites excluding steroid dienone is 4. The molecule has 8 atom stereocenters. The number of nitro groups is 2. The third-order valence-corrected chi connectivity index (χ3v) is 26.4. The van der Waals surface area contributed by atoms with Gasteiger partial charge in [0.2, 0.25) is 23.6 Å². The van der Waals surface area contributed by atoms with Crippen molar-refractivity contribution in [3.63, 3.8) is 0 Å². The van der Waals surface area contributed by atoms with Crippen LogP contribution >= 0.6 is 22.7 Å². The van der Waals surface area contributed by atoms with Gasteiger partial charge in [-0.05, 0) is 167 Å². The number of aliphatic hydroxyl groups is 2. The second-order valence-corrected chi connectivity index (χ2v) is 36.6. The summed E-state index contributed by atoms with van der Waals surface area (Å²) in [5, 5.41) is 57.4. The summed E-state index contributed by atoms with van der Waals surface area (Å²) in [5.41, 5.74) is 17.3. The van der Waals surface area contributed by atoms with Crippen LogP contribution < -0.4 is 39.4 Å². The van der Waals surface area contributed by atoms with E-state index in [-0.39, 0.29) is 148 Å². The molecular formula is C106H108N12O20S2. The van der Waals surface area contributed by atoms with Gasteiger partial charge in [0, 0.05) is 84.6 Å². The summed E-state index contributed by atoms with van der Waals surface area (Å²) in [6.07, 6.45) is 9.21. The molecule has 6 amide bonds. The van der Waals surface area contributed by atoms with E-state index in [1.165, 1.54) is 34.1 Å². The maximum Gasteiger partial charge on any atom is 0.269 e. The van der Waals surface area contributed by atoms with Crippen LogP contribution in [-0.4, -0.2) is 176 Å². The van der Waals surface area contributed by atoms with E-state index in [4.69, 9.17) is 37.5 Å². The van der Waals surface area contributed by atoms with E-state index in [9.17, 15) is 59.2 Å². The number of carbonyl (C=O) groups excluding carboxylic acids is 6. The van der Waals surface area contributed by atoms with E-state index in [0.29, 0.717) is 60.5 Å². The monoisotopic (exact) mass is 1930 g/mol. The molecule has 4 aromatic heterocycles. The van der Waals surface area contributed by atoms with E-state index >= 15 is 0 Å². The normalized spacial score (nSPS) is 17.1. The van der Waals surface area contributed by atoms with Gasteiger partial charge >= 0.3 is 0 Å². The van der Waals surface area contributed by atoms with E-state index in [0.717, 1.165) is 88.2 Å². The number of nitrogens with one attached hydrogen (secondary N) is 2. The summed E-state index contributed by atoms with van der Waals surface area (Å²) in [4.78, 5) is 121. The van der Waals surface area contributed by atoms with Gasteiger partial charge < -0.3 is 77.9 Å². The zero-order valence-electron chi connectivity index (χ0n) is 78.5. The Morgan fingerprint density at radius 3 is 1.20 bits per heavy atom. The van der Waals surface area contributed by atoms with Gasteiger partial charge in [0.25, 0.3) is 34.9 Å². The Bertz CT molecular complexity index is 6100. The first kappa shape index (κ1) is 99.5. The molecule has 16 rings (SSSR count). The second kappa shape index (κ2) is 46.5. The minimum absolute atomic E-state index is 0.0148. The van der Waals surface area contributed by atoms with E-state index in [1.807, 2.05) is 212 Å². The molecule has 0 saturated carbocycles. The van der Waals surface area contributed by atoms with Crippen LogP contribution in [0.5, 0.6) is 23.3 Å². The van der Waals surface area contributed by atoms with Crippen molar-refractivity contribution in [2.24, 2.45) is 11.8 Å². The number of aryl methyl sites for hydroxylation is 2. The largest absolute Gasteiger partial charge is 0.491 e. The van der Waals surface area contributed by atoms with Crippen molar-refractivity contribution in [3.05, 3.63) is 329 Å². The summed E-state index contributed by atoms with van der Waals surface area (Å²) in [5.74, 6) is -1.33. The van der Waals surface area contributed by atoms with Gasteiger partial charge in [0.15, 0.2) is 11.5 Å². The van der Waals surface area contributed by atoms with Gasteiger partial charge in [0.1, 0.15) is 61.8 Å². The third kappa shape index (κ3) is 24.6. The Morgan fingerprint density at radius 2 is 0.850 bits per heavy atom. The molecule has 2 fully saturated rings. The number of fused-ring (bicyclic) bond motifs is 2. The number of nitro benzene ring substituents is 2. The molecule has 32 nitrogen and oxygen atoms in total. The average molecular weight is 1930 g/mol. The summed E-state index contributed by atoms with van der Waals surface area (Å²) >= 11 is 3.15. The minimum atomic E-state index is -0.859. The van der Waals surface area contributed by atoms with Crippen LogP contribution in [0.2, 0.25) is 0 Å². The number of non-ortho nitro benzene ring substituents is 2. The van der Waals surface area contributed by atoms with Gasteiger partial charge in [0.05, 0.1) is 117 Å². The minimum Gasteiger partial charge on any atom is -0.491 e. The number of aliphatic hydroxyl groups excluding tert-OH is 2. The van der Waals surface area contributed by atoms with Crippen molar-refractivity contribution in [3.8, 4) is 44.1 Å². The molecule has 4 N–H and O–H groups in total. The van der Waals surface area contributed by atoms with E-state index in [1.54, 1.807) is 105 Å². The fourth-order valence-electron chi connectivity index (χ4n) is 17.2. The maximum atomic E-state index is 14.1. The van der Waals surface area contributed by atoms with Crippen LogP contribution in [0, 0.1) is 45.9 Å².